The van der Waals surface area contributed by atoms with Gasteiger partial charge in [-0.2, -0.15) is 5.10 Å². The van der Waals surface area contributed by atoms with Crippen molar-refractivity contribution >= 4 is 49.4 Å². The Morgan fingerprint density at radius 3 is 2.97 bits per heavy atom. The Bertz CT molecular complexity index is 1430. The summed E-state index contributed by atoms with van der Waals surface area (Å²) in [5, 5.41) is 8.81. The molecule has 1 atom stereocenters. The molecule has 1 unspecified atom stereocenters. The van der Waals surface area contributed by atoms with Gasteiger partial charge in [0.1, 0.15) is 16.9 Å². The minimum absolute atomic E-state index is 0.0412. The van der Waals surface area contributed by atoms with E-state index in [0.717, 1.165) is 10.9 Å². The highest BCUT2D eigenvalue weighted by Gasteiger charge is 2.30. The molecule has 4 heterocycles. The molecule has 1 aromatic carbocycles. The third-order valence-corrected chi connectivity index (χ3v) is 7.25. The van der Waals surface area contributed by atoms with E-state index in [4.69, 9.17) is 11.6 Å². The minimum atomic E-state index is -3.09. The van der Waals surface area contributed by atoms with Gasteiger partial charge in [-0.05, 0) is 24.6 Å². The van der Waals surface area contributed by atoms with Gasteiger partial charge in [0.05, 0.1) is 28.8 Å². The number of fused-ring (bicyclic) bond motifs is 2. The number of benzene rings is 1. The van der Waals surface area contributed by atoms with Crippen molar-refractivity contribution in [2.75, 3.05) is 11.5 Å². The number of aromatic nitrogens is 5. The third-order valence-electron chi connectivity index (χ3n) is 5.25. The Morgan fingerprint density at radius 2 is 2.20 bits per heavy atom. The number of aromatic amines is 1. The molecular formula is C19H17ClN6O3S. The van der Waals surface area contributed by atoms with E-state index in [1.165, 1.54) is 6.20 Å². The van der Waals surface area contributed by atoms with E-state index in [-0.39, 0.29) is 17.4 Å². The van der Waals surface area contributed by atoms with E-state index < -0.39 is 15.9 Å². The van der Waals surface area contributed by atoms with Crippen LogP contribution in [0, 0.1) is 0 Å². The fraction of sp³-hybridized carbons (Fsp3) is 0.263. The lowest BCUT2D eigenvalue weighted by Crippen LogP contribution is -2.35. The van der Waals surface area contributed by atoms with Crippen LogP contribution in [0.5, 0.6) is 0 Å². The van der Waals surface area contributed by atoms with Gasteiger partial charge in [-0.3, -0.25) is 9.48 Å². The molecule has 1 aliphatic heterocycles. The van der Waals surface area contributed by atoms with Crippen molar-refractivity contribution in [1.82, 2.24) is 30.0 Å². The van der Waals surface area contributed by atoms with E-state index >= 15 is 0 Å². The van der Waals surface area contributed by atoms with E-state index in [1.54, 1.807) is 16.9 Å². The first kappa shape index (κ1) is 19.0. The van der Waals surface area contributed by atoms with Crippen molar-refractivity contribution in [3.8, 4) is 11.4 Å². The molecule has 3 aromatic heterocycles. The van der Waals surface area contributed by atoms with E-state index in [2.05, 4.69) is 25.4 Å². The molecule has 1 aliphatic rings. The lowest BCUT2D eigenvalue weighted by molar-refractivity contribution is 0.0942. The lowest BCUT2D eigenvalue weighted by Gasteiger charge is -2.09. The second-order valence-corrected chi connectivity index (χ2v) is 10.0. The number of amides is 1. The highest BCUT2D eigenvalue weighted by atomic mass is 35.5. The summed E-state index contributed by atoms with van der Waals surface area (Å²) in [5.74, 6) is -0.333. The number of nitrogens with one attached hydrogen (secondary N) is 2. The average Bonchev–Trinajstić information content (AvgIpc) is 3.36. The van der Waals surface area contributed by atoms with Crippen LogP contribution in [-0.2, 0) is 16.9 Å². The van der Waals surface area contributed by atoms with Gasteiger partial charge in [-0.15, -0.1) is 0 Å². The Labute approximate surface area is 176 Å². The first-order valence-corrected chi connectivity index (χ1v) is 11.5. The highest BCUT2D eigenvalue weighted by molar-refractivity contribution is 7.91. The van der Waals surface area contributed by atoms with Crippen LogP contribution in [0.3, 0.4) is 0 Å². The number of sulfone groups is 1. The number of H-pyrrole nitrogens is 1. The monoisotopic (exact) mass is 444 g/mol. The summed E-state index contributed by atoms with van der Waals surface area (Å²) in [4.78, 5) is 24.7. The summed E-state index contributed by atoms with van der Waals surface area (Å²) in [6.45, 7) is 0. The van der Waals surface area contributed by atoms with Crippen LogP contribution in [0.2, 0.25) is 5.02 Å². The zero-order valence-corrected chi connectivity index (χ0v) is 17.5. The molecule has 0 aliphatic carbocycles. The van der Waals surface area contributed by atoms with Gasteiger partial charge in [0.15, 0.2) is 15.5 Å². The number of nitrogens with zero attached hydrogens (tertiary/aromatic N) is 4. The summed E-state index contributed by atoms with van der Waals surface area (Å²) in [5.41, 5.74) is 3.19. The summed E-state index contributed by atoms with van der Waals surface area (Å²) in [7, 11) is -1.27. The van der Waals surface area contributed by atoms with Gasteiger partial charge < -0.3 is 10.3 Å². The molecule has 0 radical (unpaired) electrons. The van der Waals surface area contributed by atoms with Crippen LogP contribution < -0.4 is 5.32 Å². The third kappa shape index (κ3) is 3.21. The molecular weight excluding hydrogens is 428 g/mol. The first-order valence-electron chi connectivity index (χ1n) is 9.29. The fourth-order valence-electron chi connectivity index (χ4n) is 3.77. The van der Waals surface area contributed by atoms with Crippen LogP contribution in [0.4, 0.5) is 0 Å². The normalized spacial score (nSPS) is 18.3. The Balaban J connectivity index is 1.53. The molecule has 154 valence electrons. The zero-order valence-electron chi connectivity index (χ0n) is 15.9. The maximum Gasteiger partial charge on any atom is 0.255 e. The number of carbonyl (C=O) groups excluding carboxylic acids is 1. The summed E-state index contributed by atoms with van der Waals surface area (Å²) in [6.07, 6.45) is 3.54. The van der Waals surface area contributed by atoms with Gasteiger partial charge in [0, 0.05) is 29.7 Å². The molecule has 1 saturated heterocycles. The van der Waals surface area contributed by atoms with Crippen LogP contribution in [0.15, 0.2) is 30.6 Å². The average molecular weight is 445 g/mol. The van der Waals surface area contributed by atoms with Crippen molar-refractivity contribution in [1.29, 1.82) is 0 Å². The summed E-state index contributed by atoms with van der Waals surface area (Å²) < 4.78 is 25.0. The molecule has 2 N–H and O–H groups in total. The molecule has 4 aromatic rings. The molecule has 1 amide bonds. The maximum absolute atomic E-state index is 12.8. The van der Waals surface area contributed by atoms with Crippen LogP contribution >= 0.6 is 11.6 Å². The van der Waals surface area contributed by atoms with Crippen LogP contribution in [0.25, 0.3) is 33.5 Å². The first-order chi connectivity index (χ1) is 14.3. The van der Waals surface area contributed by atoms with Crippen molar-refractivity contribution < 1.29 is 13.2 Å². The Morgan fingerprint density at radius 1 is 1.37 bits per heavy atom. The molecule has 0 bridgehead atoms. The molecule has 5 rings (SSSR count). The van der Waals surface area contributed by atoms with Crippen molar-refractivity contribution in [2.45, 2.75) is 12.5 Å². The molecule has 9 nitrogen and oxygen atoms in total. The Kier molecular flexibility index (Phi) is 4.30. The van der Waals surface area contributed by atoms with E-state index in [1.807, 2.05) is 19.2 Å². The number of aryl methyl sites for hydroxylation is 1. The lowest BCUT2D eigenvalue weighted by atomic mass is 10.1. The van der Waals surface area contributed by atoms with Gasteiger partial charge >= 0.3 is 0 Å². The fourth-order valence-corrected chi connectivity index (χ4v) is 5.61. The van der Waals surface area contributed by atoms with Gasteiger partial charge in [-0.25, -0.2) is 18.4 Å². The van der Waals surface area contributed by atoms with Crippen molar-refractivity contribution in [3.05, 3.63) is 41.2 Å². The zero-order chi connectivity index (χ0) is 21.0. The smallest absolute Gasteiger partial charge is 0.255 e. The quantitative estimate of drug-likeness (QED) is 0.498. The van der Waals surface area contributed by atoms with Crippen LogP contribution in [-0.4, -0.2) is 56.6 Å². The van der Waals surface area contributed by atoms with Gasteiger partial charge in [0.2, 0.25) is 0 Å². The summed E-state index contributed by atoms with van der Waals surface area (Å²) in [6, 6.07) is 5.08. The predicted octanol–water partition coefficient (Wildman–Crippen LogP) is 2.08. The predicted molar refractivity (Wildman–Crippen MR) is 113 cm³/mol. The molecule has 0 saturated carbocycles. The number of hydrogen-bond acceptors (Lipinski definition) is 6. The second kappa shape index (κ2) is 6.78. The topological polar surface area (TPSA) is 123 Å². The Hall–Kier alpha value is -2.98. The molecule has 11 heteroatoms. The largest absolute Gasteiger partial charge is 0.348 e. The minimum Gasteiger partial charge on any atom is -0.348 e. The van der Waals surface area contributed by atoms with Crippen molar-refractivity contribution in [3.63, 3.8) is 0 Å². The molecule has 1 fully saturated rings. The van der Waals surface area contributed by atoms with E-state index in [0.29, 0.717) is 39.6 Å². The molecule has 0 spiro atoms. The second-order valence-electron chi connectivity index (χ2n) is 7.36. The maximum atomic E-state index is 12.8. The van der Waals surface area contributed by atoms with Crippen molar-refractivity contribution in [2.24, 2.45) is 7.05 Å². The van der Waals surface area contributed by atoms with E-state index in [9.17, 15) is 13.2 Å². The van der Waals surface area contributed by atoms with Gasteiger partial charge in [0.25, 0.3) is 5.91 Å². The number of hydrogen-bond donors (Lipinski definition) is 2. The number of halogens is 1. The number of carbonyl (C=O) groups is 1. The SMILES string of the molecule is Cn1nc(-c2cnc3[nH]cc(C(=O)NC4CCS(=O)(=O)C4)c3n2)c2ccc(Cl)cc21. The summed E-state index contributed by atoms with van der Waals surface area (Å²) >= 11 is 6.10. The van der Waals surface area contributed by atoms with Crippen LogP contribution in [0.1, 0.15) is 16.8 Å². The standard InChI is InChI=1S/C19H17ClN6O3S/c1-26-15-6-10(20)2-3-12(15)16(25-26)14-8-22-18-17(24-14)13(7-21-18)19(27)23-11-4-5-30(28,29)9-11/h2-3,6-8,11H,4-5,9H2,1H3,(H,21,22)(H,23,27). The highest BCUT2D eigenvalue weighted by Crippen LogP contribution is 2.29. The van der Waals surface area contributed by atoms with Gasteiger partial charge in [-0.1, -0.05) is 11.6 Å². The number of rotatable bonds is 3. The molecule has 30 heavy (non-hydrogen) atoms.